The lowest BCUT2D eigenvalue weighted by Crippen LogP contribution is -2.50. The molecule has 1 fully saturated rings. The van der Waals surface area contributed by atoms with Crippen molar-refractivity contribution < 1.29 is 9.53 Å². The molecule has 0 bridgehead atoms. The van der Waals surface area contributed by atoms with Crippen LogP contribution >= 0.6 is 15.9 Å². The van der Waals surface area contributed by atoms with Gasteiger partial charge in [-0.25, -0.2) is 4.79 Å². The third-order valence-electron chi connectivity index (χ3n) is 2.99. The summed E-state index contributed by atoms with van der Waals surface area (Å²) in [5, 5.41) is 7.46. The highest BCUT2D eigenvalue weighted by Crippen LogP contribution is 2.29. The summed E-state index contributed by atoms with van der Waals surface area (Å²) in [6, 6.07) is 0. The monoisotopic (exact) mass is 287 g/mol. The van der Waals surface area contributed by atoms with Crippen molar-refractivity contribution in [1.82, 2.24) is 15.1 Å². The van der Waals surface area contributed by atoms with E-state index in [1.165, 1.54) is 7.11 Å². The van der Waals surface area contributed by atoms with Crippen molar-refractivity contribution in [2.24, 2.45) is 0 Å². The number of carbonyl (C=O) groups is 1. The van der Waals surface area contributed by atoms with Crippen molar-refractivity contribution in [3.8, 4) is 0 Å². The molecule has 0 radical (unpaired) electrons. The topological polar surface area (TPSA) is 56.2 Å². The van der Waals surface area contributed by atoms with Gasteiger partial charge in [0, 0.05) is 6.20 Å². The molecule has 0 aromatic carbocycles. The van der Waals surface area contributed by atoms with Crippen molar-refractivity contribution in [2.45, 2.75) is 18.4 Å². The number of aromatic nitrogens is 2. The molecule has 0 aliphatic carbocycles. The van der Waals surface area contributed by atoms with Gasteiger partial charge in [-0.1, -0.05) is 0 Å². The first-order chi connectivity index (χ1) is 7.69. The number of nitrogens with one attached hydrogen (secondary N) is 1. The number of hydrogen-bond donors (Lipinski definition) is 1. The van der Waals surface area contributed by atoms with Gasteiger partial charge in [0.15, 0.2) is 5.54 Å². The minimum atomic E-state index is -0.647. The predicted octanol–water partition coefficient (Wildman–Crippen LogP) is 0.897. The summed E-state index contributed by atoms with van der Waals surface area (Å²) >= 11 is 3.34. The number of rotatable bonds is 2. The van der Waals surface area contributed by atoms with Crippen LogP contribution in [0, 0.1) is 0 Å². The lowest BCUT2D eigenvalue weighted by Gasteiger charge is -2.34. The van der Waals surface area contributed by atoms with E-state index in [0.717, 1.165) is 17.6 Å². The van der Waals surface area contributed by atoms with Gasteiger partial charge >= 0.3 is 5.97 Å². The maximum absolute atomic E-state index is 12.0. The number of carbonyl (C=O) groups excluding carboxylic acids is 1. The molecule has 16 heavy (non-hydrogen) atoms. The molecule has 6 heteroatoms. The van der Waals surface area contributed by atoms with Crippen LogP contribution in [0.1, 0.15) is 12.8 Å². The summed E-state index contributed by atoms with van der Waals surface area (Å²) in [7, 11) is 1.42. The second kappa shape index (κ2) is 4.55. The van der Waals surface area contributed by atoms with Crippen LogP contribution in [0.2, 0.25) is 0 Å². The van der Waals surface area contributed by atoms with E-state index < -0.39 is 5.54 Å². The van der Waals surface area contributed by atoms with Gasteiger partial charge in [0.05, 0.1) is 17.8 Å². The van der Waals surface area contributed by atoms with Crippen LogP contribution in [0.25, 0.3) is 0 Å². The number of hydrogen-bond acceptors (Lipinski definition) is 4. The summed E-state index contributed by atoms with van der Waals surface area (Å²) in [6.45, 7) is 1.60. The van der Waals surface area contributed by atoms with Crippen molar-refractivity contribution in [3.63, 3.8) is 0 Å². The molecular formula is C10H14BrN3O2. The summed E-state index contributed by atoms with van der Waals surface area (Å²) in [5.74, 6) is -0.218. The average molecular weight is 288 g/mol. The fraction of sp³-hybridized carbons (Fsp3) is 0.600. The number of halogens is 1. The Labute approximate surface area is 102 Å². The third kappa shape index (κ3) is 1.87. The molecule has 1 aliphatic rings. The van der Waals surface area contributed by atoms with E-state index in [0.29, 0.717) is 12.8 Å². The normalized spacial score (nSPS) is 19.4. The lowest BCUT2D eigenvalue weighted by molar-refractivity contribution is -0.153. The van der Waals surface area contributed by atoms with Gasteiger partial charge in [0.25, 0.3) is 0 Å². The van der Waals surface area contributed by atoms with E-state index in [1.54, 1.807) is 10.9 Å². The largest absolute Gasteiger partial charge is 0.467 e. The Hall–Kier alpha value is -0.880. The van der Waals surface area contributed by atoms with Gasteiger partial charge in [-0.2, -0.15) is 5.10 Å². The van der Waals surface area contributed by atoms with Crippen LogP contribution in [0.5, 0.6) is 0 Å². The minimum absolute atomic E-state index is 0.218. The average Bonchev–Trinajstić information content (AvgIpc) is 2.76. The number of piperidine rings is 1. The molecule has 2 rings (SSSR count). The molecule has 1 aromatic heterocycles. The molecule has 88 valence electrons. The SMILES string of the molecule is COC(=O)C1(n2cc(Br)cn2)CCNCC1. The van der Waals surface area contributed by atoms with Crippen LogP contribution in [0.4, 0.5) is 0 Å². The van der Waals surface area contributed by atoms with Gasteiger partial charge < -0.3 is 10.1 Å². The summed E-state index contributed by atoms with van der Waals surface area (Å²) in [5.41, 5.74) is -0.647. The Morgan fingerprint density at radius 1 is 1.62 bits per heavy atom. The lowest BCUT2D eigenvalue weighted by atomic mass is 9.88. The first-order valence-electron chi connectivity index (χ1n) is 5.19. The van der Waals surface area contributed by atoms with Crippen molar-refractivity contribution >= 4 is 21.9 Å². The molecular weight excluding hydrogens is 274 g/mol. The fourth-order valence-corrected chi connectivity index (χ4v) is 2.38. The Morgan fingerprint density at radius 3 is 2.81 bits per heavy atom. The van der Waals surface area contributed by atoms with Crippen molar-refractivity contribution in [2.75, 3.05) is 20.2 Å². The van der Waals surface area contributed by atoms with Gasteiger partial charge in [-0.15, -0.1) is 0 Å². The van der Waals surface area contributed by atoms with Crippen molar-refractivity contribution in [1.29, 1.82) is 0 Å². The highest BCUT2D eigenvalue weighted by Gasteiger charge is 2.43. The Morgan fingerprint density at radius 2 is 2.31 bits per heavy atom. The Kier molecular flexibility index (Phi) is 3.30. The predicted molar refractivity (Wildman–Crippen MR) is 62.0 cm³/mol. The Balaban J connectivity index is 2.37. The number of ether oxygens (including phenoxy) is 1. The smallest absolute Gasteiger partial charge is 0.333 e. The summed E-state index contributed by atoms with van der Waals surface area (Å²) in [6.07, 6.45) is 4.91. The first kappa shape index (κ1) is 11.6. The van der Waals surface area contributed by atoms with Crippen LogP contribution in [-0.4, -0.2) is 35.9 Å². The van der Waals surface area contributed by atoms with E-state index >= 15 is 0 Å². The van der Waals surface area contributed by atoms with Gasteiger partial charge in [-0.3, -0.25) is 4.68 Å². The third-order valence-corrected chi connectivity index (χ3v) is 3.40. The fourth-order valence-electron chi connectivity index (χ4n) is 2.09. The summed E-state index contributed by atoms with van der Waals surface area (Å²) in [4.78, 5) is 12.0. The van der Waals surface area contributed by atoms with Gasteiger partial charge in [0.2, 0.25) is 0 Å². The van der Waals surface area contributed by atoms with Gasteiger partial charge in [0.1, 0.15) is 0 Å². The zero-order chi connectivity index (χ0) is 11.6. The van der Waals surface area contributed by atoms with Gasteiger partial charge in [-0.05, 0) is 41.9 Å². The highest BCUT2D eigenvalue weighted by atomic mass is 79.9. The number of nitrogens with zero attached hydrogens (tertiary/aromatic N) is 2. The quantitative estimate of drug-likeness (QED) is 0.821. The first-order valence-corrected chi connectivity index (χ1v) is 5.98. The van der Waals surface area contributed by atoms with E-state index in [1.807, 2.05) is 6.20 Å². The van der Waals surface area contributed by atoms with E-state index in [9.17, 15) is 4.79 Å². The maximum atomic E-state index is 12.0. The standard InChI is InChI=1S/C10H14BrN3O2/c1-16-9(15)10(2-4-12-5-3-10)14-7-8(11)6-13-14/h6-7,12H,2-5H2,1H3. The molecule has 1 aromatic rings. The van der Waals surface area contributed by atoms with E-state index in [2.05, 4.69) is 26.3 Å². The zero-order valence-corrected chi connectivity index (χ0v) is 10.7. The molecule has 1 saturated heterocycles. The molecule has 0 saturated carbocycles. The van der Waals surface area contributed by atoms with Crippen LogP contribution in [0.15, 0.2) is 16.9 Å². The molecule has 0 unspecified atom stereocenters. The van der Waals surface area contributed by atoms with Crippen LogP contribution in [-0.2, 0) is 15.1 Å². The maximum Gasteiger partial charge on any atom is 0.333 e. The molecule has 0 amide bonds. The molecule has 1 N–H and O–H groups in total. The Bertz CT molecular complexity index is 385. The van der Waals surface area contributed by atoms with Crippen molar-refractivity contribution in [3.05, 3.63) is 16.9 Å². The molecule has 5 nitrogen and oxygen atoms in total. The molecule has 1 aliphatic heterocycles. The summed E-state index contributed by atoms with van der Waals surface area (Å²) < 4.78 is 7.50. The number of methoxy groups -OCH3 is 1. The molecule has 2 heterocycles. The van der Waals surface area contributed by atoms with E-state index in [-0.39, 0.29) is 5.97 Å². The highest BCUT2D eigenvalue weighted by molar-refractivity contribution is 9.10. The zero-order valence-electron chi connectivity index (χ0n) is 9.07. The van der Waals surface area contributed by atoms with Crippen LogP contribution in [0.3, 0.4) is 0 Å². The number of esters is 1. The molecule has 0 atom stereocenters. The molecule has 0 spiro atoms. The van der Waals surface area contributed by atoms with E-state index in [4.69, 9.17) is 4.74 Å². The second-order valence-electron chi connectivity index (χ2n) is 3.88. The minimum Gasteiger partial charge on any atom is -0.467 e. The second-order valence-corrected chi connectivity index (χ2v) is 4.79. The van der Waals surface area contributed by atoms with Crippen LogP contribution < -0.4 is 5.32 Å².